The van der Waals surface area contributed by atoms with Crippen LogP contribution in [0, 0.1) is 5.41 Å². The summed E-state index contributed by atoms with van der Waals surface area (Å²) < 4.78 is 5.85. The highest BCUT2D eigenvalue weighted by Gasteiger charge is 2.23. The van der Waals surface area contributed by atoms with Gasteiger partial charge in [-0.05, 0) is 65.6 Å². The van der Waals surface area contributed by atoms with Gasteiger partial charge in [0, 0.05) is 22.7 Å². The fraction of sp³-hybridized carbons (Fsp3) is 0.188. The summed E-state index contributed by atoms with van der Waals surface area (Å²) in [4.78, 5) is 26.8. The van der Waals surface area contributed by atoms with E-state index in [1.807, 2.05) is 130 Å². The van der Waals surface area contributed by atoms with E-state index in [9.17, 15) is 9.59 Å². The van der Waals surface area contributed by atoms with Gasteiger partial charge in [0.1, 0.15) is 16.7 Å². The molecule has 1 atom stereocenters. The highest BCUT2D eigenvalue weighted by molar-refractivity contribution is 8.00. The number of ether oxygens (including phenoxy) is 1. The Hall–Kier alpha value is -4.03. The summed E-state index contributed by atoms with van der Waals surface area (Å²) in [5.74, 6) is 1.27. The minimum Gasteiger partial charge on any atom is -0.457 e. The number of thioether (sulfide) groups is 1. The first-order chi connectivity index (χ1) is 18.2. The first-order valence-electron chi connectivity index (χ1n) is 12.5. The zero-order valence-corrected chi connectivity index (χ0v) is 22.6. The molecule has 0 radical (unpaired) electrons. The molecule has 0 aliphatic rings. The van der Waals surface area contributed by atoms with Crippen LogP contribution in [0.1, 0.15) is 38.0 Å². The zero-order valence-electron chi connectivity index (χ0n) is 21.8. The normalized spacial score (nSPS) is 11.9. The number of carbonyl (C=O) groups excluding carboxylic acids is 2. The second-order valence-corrected chi connectivity index (χ2v) is 11.3. The van der Waals surface area contributed by atoms with Gasteiger partial charge in [0.25, 0.3) is 0 Å². The van der Waals surface area contributed by atoms with Gasteiger partial charge >= 0.3 is 0 Å². The lowest BCUT2D eigenvalue weighted by molar-refractivity contribution is -0.118. The number of carbonyl (C=O) groups is 2. The predicted molar refractivity (Wildman–Crippen MR) is 156 cm³/mol. The van der Waals surface area contributed by atoms with Crippen molar-refractivity contribution in [3.63, 3.8) is 0 Å². The number of hydrogen-bond donors (Lipinski definition) is 2. The highest BCUT2D eigenvalue weighted by Crippen LogP contribution is 2.37. The standard InChI is InChI=1S/C32H32N2O3S/c1-32(2,3)22-29(35)33-25-13-10-16-28(21-25)38-30(23-11-6-4-7-12-23)31(36)34-24-17-19-27(20-18-24)37-26-14-8-5-9-15-26/h4-21,30H,22H2,1-3H3,(H,33,35)(H,34,36). The number of hydrogen-bond acceptors (Lipinski definition) is 4. The molecule has 6 heteroatoms. The summed E-state index contributed by atoms with van der Waals surface area (Å²) in [5.41, 5.74) is 2.19. The van der Waals surface area contributed by atoms with E-state index in [2.05, 4.69) is 10.6 Å². The number of nitrogens with one attached hydrogen (secondary N) is 2. The van der Waals surface area contributed by atoms with Crippen molar-refractivity contribution >= 4 is 35.0 Å². The van der Waals surface area contributed by atoms with E-state index in [0.29, 0.717) is 23.5 Å². The minimum atomic E-state index is -0.489. The maximum absolute atomic E-state index is 13.5. The Bertz CT molecular complexity index is 1350. The van der Waals surface area contributed by atoms with Crippen molar-refractivity contribution in [1.82, 2.24) is 0 Å². The molecule has 4 aromatic rings. The number of anilines is 2. The topological polar surface area (TPSA) is 67.4 Å². The van der Waals surface area contributed by atoms with Crippen LogP contribution >= 0.6 is 11.8 Å². The van der Waals surface area contributed by atoms with Crippen LogP contribution in [0.2, 0.25) is 0 Å². The van der Waals surface area contributed by atoms with Crippen LogP contribution in [0.15, 0.2) is 114 Å². The van der Waals surface area contributed by atoms with Gasteiger partial charge < -0.3 is 15.4 Å². The Kier molecular flexibility index (Phi) is 8.87. The smallest absolute Gasteiger partial charge is 0.242 e. The van der Waals surface area contributed by atoms with E-state index in [-0.39, 0.29) is 17.2 Å². The highest BCUT2D eigenvalue weighted by atomic mass is 32.2. The van der Waals surface area contributed by atoms with E-state index >= 15 is 0 Å². The first kappa shape index (κ1) is 27.0. The molecule has 194 valence electrons. The molecule has 2 N–H and O–H groups in total. The predicted octanol–water partition coefficient (Wildman–Crippen LogP) is 8.33. The Labute approximate surface area is 228 Å². The van der Waals surface area contributed by atoms with Gasteiger partial charge in [0.15, 0.2) is 0 Å². The second-order valence-electron chi connectivity index (χ2n) is 10.2. The van der Waals surface area contributed by atoms with Crippen molar-refractivity contribution in [3.8, 4) is 11.5 Å². The molecule has 0 aromatic heterocycles. The molecule has 0 aliphatic carbocycles. The molecule has 0 spiro atoms. The lowest BCUT2D eigenvalue weighted by Crippen LogP contribution is -2.20. The number of benzene rings is 4. The van der Waals surface area contributed by atoms with Crippen LogP contribution in [0.3, 0.4) is 0 Å². The van der Waals surface area contributed by atoms with E-state index in [4.69, 9.17) is 4.74 Å². The number of amides is 2. The van der Waals surface area contributed by atoms with E-state index in [1.165, 1.54) is 11.8 Å². The molecule has 5 nitrogen and oxygen atoms in total. The van der Waals surface area contributed by atoms with Gasteiger partial charge in [0.05, 0.1) is 0 Å². The molecule has 0 heterocycles. The molecule has 0 bridgehead atoms. The minimum absolute atomic E-state index is 0.0308. The third-order valence-electron chi connectivity index (χ3n) is 5.50. The van der Waals surface area contributed by atoms with Crippen molar-refractivity contribution in [1.29, 1.82) is 0 Å². The number of para-hydroxylation sites is 1. The van der Waals surface area contributed by atoms with E-state index in [0.717, 1.165) is 16.2 Å². The summed E-state index contributed by atoms with van der Waals surface area (Å²) in [6.45, 7) is 6.10. The molecule has 0 saturated heterocycles. The van der Waals surface area contributed by atoms with Gasteiger partial charge in [0.2, 0.25) is 11.8 Å². The van der Waals surface area contributed by atoms with Gasteiger partial charge in [-0.15, -0.1) is 11.8 Å². The molecule has 0 aliphatic heterocycles. The van der Waals surface area contributed by atoms with Crippen molar-refractivity contribution in [3.05, 3.63) is 115 Å². The molecule has 1 unspecified atom stereocenters. The van der Waals surface area contributed by atoms with Gasteiger partial charge in [-0.3, -0.25) is 9.59 Å². The Balaban J connectivity index is 1.47. The fourth-order valence-corrected chi connectivity index (χ4v) is 4.89. The van der Waals surface area contributed by atoms with Crippen LogP contribution in [-0.4, -0.2) is 11.8 Å². The van der Waals surface area contributed by atoms with E-state index < -0.39 is 5.25 Å². The van der Waals surface area contributed by atoms with E-state index in [1.54, 1.807) is 0 Å². The molecule has 4 rings (SSSR count). The maximum atomic E-state index is 13.5. The van der Waals surface area contributed by atoms with Crippen LogP contribution in [0.5, 0.6) is 11.5 Å². The largest absolute Gasteiger partial charge is 0.457 e. The number of rotatable bonds is 9. The second kappa shape index (κ2) is 12.5. The molecule has 0 fully saturated rings. The van der Waals surface area contributed by atoms with Crippen LogP contribution in [0.4, 0.5) is 11.4 Å². The van der Waals surface area contributed by atoms with Crippen LogP contribution in [0.25, 0.3) is 0 Å². The summed E-state index contributed by atoms with van der Waals surface area (Å²) in [6, 6.07) is 34.2. The van der Waals surface area contributed by atoms with Gasteiger partial charge in [-0.2, -0.15) is 0 Å². The van der Waals surface area contributed by atoms with Gasteiger partial charge in [-0.1, -0.05) is 75.4 Å². The molecular weight excluding hydrogens is 492 g/mol. The average Bonchev–Trinajstić information content (AvgIpc) is 2.88. The third-order valence-corrected chi connectivity index (χ3v) is 6.75. The summed E-state index contributed by atoms with van der Waals surface area (Å²) in [7, 11) is 0. The lowest BCUT2D eigenvalue weighted by atomic mass is 9.92. The summed E-state index contributed by atoms with van der Waals surface area (Å²) >= 11 is 1.44. The Morgan fingerprint density at radius 2 is 1.37 bits per heavy atom. The van der Waals surface area contributed by atoms with Gasteiger partial charge in [-0.25, -0.2) is 0 Å². The van der Waals surface area contributed by atoms with Crippen molar-refractivity contribution in [2.75, 3.05) is 10.6 Å². The molecule has 2 amide bonds. The summed E-state index contributed by atoms with van der Waals surface area (Å²) in [5, 5.41) is 5.53. The van der Waals surface area contributed by atoms with Crippen molar-refractivity contribution in [2.45, 2.75) is 37.3 Å². The van der Waals surface area contributed by atoms with Crippen LogP contribution < -0.4 is 15.4 Å². The maximum Gasteiger partial charge on any atom is 0.242 e. The third kappa shape index (κ3) is 8.25. The average molecular weight is 525 g/mol. The summed E-state index contributed by atoms with van der Waals surface area (Å²) in [6.07, 6.45) is 0.425. The monoisotopic (exact) mass is 524 g/mol. The molecule has 38 heavy (non-hydrogen) atoms. The molecule has 4 aromatic carbocycles. The molecule has 0 saturated carbocycles. The molecular formula is C32H32N2O3S. The Morgan fingerprint density at radius 1 is 0.737 bits per heavy atom. The lowest BCUT2D eigenvalue weighted by Gasteiger charge is -2.19. The fourth-order valence-electron chi connectivity index (χ4n) is 3.81. The Morgan fingerprint density at radius 3 is 2.03 bits per heavy atom. The van der Waals surface area contributed by atoms with Crippen molar-refractivity contribution < 1.29 is 14.3 Å². The van der Waals surface area contributed by atoms with Crippen molar-refractivity contribution in [2.24, 2.45) is 5.41 Å². The quantitative estimate of drug-likeness (QED) is 0.216. The SMILES string of the molecule is CC(C)(C)CC(=O)Nc1cccc(SC(C(=O)Nc2ccc(Oc3ccccc3)cc2)c2ccccc2)c1. The van der Waals surface area contributed by atoms with Crippen LogP contribution in [-0.2, 0) is 9.59 Å². The zero-order chi connectivity index (χ0) is 27.0. The first-order valence-corrected chi connectivity index (χ1v) is 13.4.